The number of carbonyl (C=O) groups is 1. The molecule has 0 aliphatic carbocycles. The van der Waals surface area contributed by atoms with Gasteiger partial charge in [-0.1, -0.05) is 44.2 Å². The molecule has 0 aliphatic heterocycles. The van der Waals surface area contributed by atoms with Crippen LogP contribution in [0.5, 0.6) is 0 Å². The SMILES string of the molecule is COC(=O)C(CCc1ccccc1)NC(C)C. The van der Waals surface area contributed by atoms with Gasteiger partial charge in [0.25, 0.3) is 0 Å². The van der Waals surface area contributed by atoms with Gasteiger partial charge in [-0.05, 0) is 18.4 Å². The van der Waals surface area contributed by atoms with Crippen molar-refractivity contribution in [1.29, 1.82) is 0 Å². The number of carbonyl (C=O) groups excluding carboxylic acids is 1. The van der Waals surface area contributed by atoms with Crippen molar-refractivity contribution in [1.82, 2.24) is 5.32 Å². The average molecular weight is 235 g/mol. The Kier molecular flexibility index (Phi) is 5.70. The van der Waals surface area contributed by atoms with Crippen LogP contribution in [0.15, 0.2) is 30.3 Å². The third-order valence-corrected chi connectivity index (χ3v) is 2.58. The van der Waals surface area contributed by atoms with E-state index >= 15 is 0 Å². The van der Waals surface area contributed by atoms with Crippen LogP contribution in [0.4, 0.5) is 0 Å². The fourth-order valence-corrected chi connectivity index (χ4v) is 1.77. The van der Waals surface area contributed by atoms with Gasteiger partial charge in [0.1, 0.15) is 6.04 Å². The Balaban J connectivity index is 2.52. The molecule has 0 radical (unpaired) electrons. The minimum Gasteiger partial charge on any atom is -0.468 e. The number of rotatable bonds is 6. The molecule has 0 spiro atoms. The van der Waals surface area contributed by atoms with Gasteiger partial charge in [0.05, 0.1) is 7.11 Å². The Morgan fingerprint density at radius 3 is 2.47 bits per heavy atom. The average Bonchev–Trinajstić information content (AvgIpc) is 2.34. The van der Waals surface area contributed by atoms with Gasteiger partial charge < -0.3 is 10.1 Å². The van der Waals surface area contributed by atoms with E-state index in [1.807, 2.05) is 32.0 Å². The fraction of sp³-hybridized carbons (Fsp3) is 0.500. The molecule has 0 saturated heterocycles. The molecule has 94 valence electrons. The van der Waals surface area contributed by atoms with Gasteiger partial charge in [-0.2, -0.15) is 0 Å². The Morgan fingerprint density at radius 1 is 1.29 bits per heavy atom. The summed E-state index contributed by atoms with van der Waals surface area (Å²) in [6, 6.07) is 10.2. The van der Waals surface area contributed by atoms with Crippen LogP contribution >= 0.6 is 0 Å². The molecule has 1 aromatic rings. The summed E-state index contributed by atoms with van der Waals surface area (Å²) in [5, 5.41) is 3.23. The minimum atomic E-state index is -0.222. The lowest BCUT2D eigenvalue weighted by molar-refractivity contribution is -0.143. The number of nitrogens with one attached hydrogen (secondary N) is 1. The molecule has 1 N–H and O–H groups in total. The topological polar surface area (TPSA) is 38.3 Å². The third-order valence-electron chi connectivity index (χ3n) is 2.58. The molecule has 1 atom stereocenters. The summed E-state index contributed by atoms with van der Waals surface area (Å²) >= 11 is 0. The lowest BCUT2D eigenvalue weighted by Crippen LogP contribution is -2.41. The Labute approximate surface area is 103 Å². The highest BCUT2D eigenvalue weighted by Crippen LogP contribution is 2.06. The first kappa shape index (κ1) is 13.7. The van der Waals surface area contributed by atoms with E-state index in [0.717, 1.165) is 12.8 Å². The van der Waals surface area contributed by atoms with Crippen molar-refractivity contribution in [2.75, 3.05) is 7.11 Å². The zero-order valence-electron chi connectivity index (χ0n) is 10.8. The van der Waals surface area contributed by atoms with Crippen molar-refractivity contribution >= 4 is 5.97 Å². The van der Waals surface area contributed by atoms with Crippen LogP contribution in [0.1, 0.15) is 25.8 Å². The molecule has 0 heterocycles. The van der Waals surface area contributed by atoms with Crippen LogP contribution in [0.25, 0.3) is 0 Å². The molecule has 0 saturated carbocycles. The van der Waals surface area contributed by atoms with Crippen molar-refractivity contribution < 1.29 is 9.53 Å². The summed E-state index contributed by atoms with van der Waals surface area (Å²) in [5.41, 5.74) is 1.24. The van der Waals surface area contributed by atoms with E-state index in [2.05, 4.69) is 17.4 Å². The second kappa shape index (κ2) is 7.07. The molecule has 3 heteroatoms. The summed E-state index contributed by atoms with van der Waals surface area (Å²) in [4.78, 5) is 11.6. The van der Waals surface area contributed by atoms with Gasteiger partial charge in [0.2, 0.25) is 0 Å². The van der Waals surface area contributed by atoms with Crippen LogP contribution in [0.2, 0.25) is 0 Å². The third kappa shape index (κ3) is 5.00. The lowest BCUT2D eigenvalue weighted by Gasteiger charge is -2.18. The van der Waals surface area contributed by atoms with E-state index in [4.69, 9.17) is 4.74 Å². The smallest absolute Gasteiger partial charge is 0.322 e. The number of methoxy groups -OCH3 is 1. The first-order valence-electron chi connectivity index (χ1n) is 6.01. The molecule has 0 bridgehead atoms. The molecule has 0 amide bonds. The number of hydrogen-bond donors (Lipinski definition) is 1. The van der Waals surface area contributed by atoms with Gasteiger partial charge >= 0.3 is 5.97 Å². The van der Waals surface area contributed by atoms with Gasteiger partial charge in [-0.15, -0.1) is 0 Å². The molecule has 1 unspecified atom stereocenters. The minimum absolute atomic E-state index is 0.186. The Hall–Kier alpha value is -1.35. The molecule has 0 aliphatic rings. The molecule has 1 aromatic carbocycles. The van der Waals surface area contributed by atoms with Crippen LogP contribution in [0, 0.1) is 0 Å². The molecule has 17 heavy (non-hydrogen) atoms. The molecular formula is C14H21NO2. The van der Waals surface area contributed by atoms with Crippen molar-refractivity contribution in [3.05, 3.63) is 35.9 Å². The van der Waals surface area contributed by atoms with E-state index in [1.54, 1.807) is 0 Å². The second-order valence-corrected chi connectivity index (χ2v) is 4.42. The van der Waals surface area contributed by atoms with Crippen LogP contribution < -0.4 is 5.32 Å². The van der Waals surface area contributed by atoms with E-state index in [9.17, 15) is 4.79 Å². The highest BCUT2D eigenvalue weighted by Gasteiger charge is 2.19. The quantitative estimate of drug-likeness (QED) is 0.768. The summed E-state index contributed by atoms with van der Waals surface area (Å²) in [5.74, 6) is -0.186. The predicted octanol–water partition coefficient (Wildman–Crippen LogP) is 2.16. The number of aryl methyl sites for hydroxylation is 1. The van der Waals surface area contributed by atoms with Gasteiger partial charge in [0.15, 0.2) is 0 Å². The number of hydrogen-bond acceptors (Lipinski definition) is 3. The van der Waals surface area contributed by atoms with E-state index < -0.39 is 0 Å². The maximum absolute atomic E-state index is 11.6. The van der Waals surface area contributed by atoms with Crippen LogP contribution in [-0.2, 0) is 16.0 Å². The fourth-order valence-electron chi connectivity index (χ4n) is 1.77. The number of esters is 1. The van der Waals surface area contributed by atoms with Crippen molar-refractivity contribution in [2.24, 2.45) is 0 Å². The van der Waals surface area contributed by atoms with Crippen LogP contribution in [0.3, 0.4) is 0 Å². The highest BCUT2D eigenvalue weighted by molar-refractivity contribution is 5.75. The number of ether oxygens (including phenoxy) is 1. The Morgan fingerprint density at radius 2 is 1.94 bits per heavy atom. The van der Waals surface area contributed by atoms with Gasteiger partial charge in [0, 0.05) is 6.04 Å². The second-order valence-electron chi connectivity index (χ2n) is 4.42. The van der Waals surface area contributed by atoms with E-state index in [0.29, 0.717) is 0 Å². The van der Waals surface area contributed by atoms with E-state index in [-0.39, 0.29) is 18.1 Å². The van der Waals surface area contributed by atoms with Crippen molar-refractivity contribution in [2.45, 2.75) is 38.8 Å². The van der Waals surface area contributed by atoms with Gasteiger partial charge in [-0.3, -0.25) is 4.79 Å². The highest BCUT2D eigenvalue weighted by atomic mass is 16.5. The Bertz CT molecular complexity index is 335. The molecule has 0 aromatic heterocycles. The molecular weight excluding hydrogens is 214 g/mol. The largest absolute Gasteiger partial charge is 0.468 e. The van der Waals surface area contributed by atoms with E-state index in [1.165, 1.54) is 12.7 Å². The first-order valence-corrected chi connectivity index (χ1v) is 6.01. The normalized spacial score (nSPS) is 12.5. The van der Waals surface area contributed by atoms with Gasteiger partial charge in [-0.25, -0.2) is 0 Å². The van der Waals surface area contributed by atoms with Crippen molar-refractivity contribution in [3.8, 4) is 0 Å². The number of benzene rings is 1. The van der Waals surface area contributed by atoms with Crippen molar-refractivity contribution in [3.63, 3.8) is 0 Å². The predicted molar refractivity (Wildman–Crippen MR) is 68.8 cm³/mol. The standard InChI is InChI=1S/C14H21NO2/c1-11(2)15-13(14(16)17-3)10-9-12-7-5-4-6-8-12/h4-8,11,13,15H,9-10H2,1-3H3. The monoisotopic (exact) mass is 235 g/mol. The summed E-state index contributed by atoms with van der Waals surface area (Å²) in [6.07, 6.45) is 1.63. The first-order chi connectivity index (χ1) is 8.13. The maximum atomic E-state index is 11.6. The molecule has 0 fully saturated rings. The molecule has 3 nitrogen and oxygen atoms in total. The summed E-state index contributed by atoms with van der Waals surface area (Å²) < 4.78 is 4.80. The van der Waals surface area contributed by atoms with Crippen LogP contribution in [-0.4, -0.2) is 25.2 Å². The summed E-state index contributed by atoms with van der Waals surface area (Å²) in [7, 11) is 1.43. The zero-order valence-corrected chi connectivity index (χ0v) is 10.8. The maximum Gasteiger partial charge on any atom is 0.322 e. The zero-order chi connectivity index (χ0) is 12.7. The summed E-state index contributed by atoms with van der Waals surface area (Å²) in [6.45, 7) is 4.05. The molecule has 1 rings (SSSR count). The lowest BCUT2D eigenvalue weighted by atomic mass is 10.0.